The zero-order chi connectivity index (χ0) is 17.9. The summed E-state index contributed by atoms with van der Waals surface area (Å²) < 4.78 is 6.75. The second kappa shape index (κ2) is 5.80. The molecule has 0 aromatic rings. The summed E-state index contributed by atoms with van der Waals surface area (Å²) >= 11 is 0. The number of carbonyl (C=O) groups is 2. The van der Waals surface area contributed by atoms with Crippen LogP contribution in [0.2, 0.25) is 18.1 Å². The number of Topliss-reactive ketones (excluding diaryl/α,β-unsaturated/α-hetero) is 1. The first-order valence-corrected chi connectivity index (χ1v) is 12.2. The first-order valence-electron chi connectivity index (χ1n) is 9.27. The van der Waals surface area contributed by atoms with Crippen LogP contribution in [-0.4, -0.2) is 37.6 Å². The Morgan fingerprint density at radius 1 is 1.17 bits per heavy atom. The molecule has 24 heavy (non-hydrogen) atoms. The maximum atomic E-state index is 12.8. The lowest BCUT2D eigenvalue weighted by Gasteiger charge is -2.47. The maximum Gasteiger partial charge on any atom is 0.227 e. The highest BCUT2D eigenvalue weighted by atomic mass is 28.4. The lowest BCUT2D eigenvalue weighted by Crippen LogP contribution is -2.53. The number of carbonyl (C=O) groups excluding carboxylic acids is 2. The molecule has 1 aliphatic carbocycles. The zero-order valence-corrected chi connectivity index (χ0v) is 16.9. The lowest BCUT2D eigenvalue weighted by atomic mass is 9.71. The van der Waals surface area contributed by atoms with Crippen molar-refractivity contribution in [2.45, 2.75) is 77.6 Å². The van der Waals surface area contributed by atoms with Crippen molar-refractivity contribution in [2.24, 2.45) is 11.8 Å². The molecule has 0 bridgehead atoms. The van der Waals surface area contributed by atoms with Crippen LogP contribution in [0.5, 0.6) is 0 Å². The van der Waals surface area contributed by atoms with Crippen LogP contribution >= 0.6 is 0 Å². The van der Waals surface area contributed by atoms with Crippen LogP contribution in [0.25, 0.3) is 0 Å². The Balaban J connectivity index is 1.98. The van der Waals surface area contributed by atoms with Crippen LogP contribution in [0, 0.1) is 11.8 Å². The minimum Gasteiger partial charge on any atom is -0.413 e. The van der Waals surface area contributed by atoms with E-state index in [1.807, 2.05) is 4.90 Å². The van der Waals surface area contributed by atoms with Gasteiger partial charge >= 0.3 is 0 Å². The predicted molar refractivity (Wildman–Crippen MR) is 96.9 cm³/mol. The van der Waals surface area contributed by atoms with Crippen molar-refractivity contribution in [1.29, 1.82) is 0 Å². The Hall–Kier alpha value is -0.943. The summed E-state index contributed by atoms with van der Waals surface area (Å²) in [6.45, 7) is 14.1. The van der Waals surface area contributed by atoms with Gasteiger partial charge in [0.25, 0.3) is 0 Å². The fraction of sp³-hybridized carbons (Fsp3) is 0.789. The van der Waals surface area contributed by atoms with Gasteiger partial charge in [0.05, 0.1) is 6.10 Å². The van der Waals surface area contributed by atoms with Gasteiger partial charge in [0.2, 0.25) is 5.91 Å². The average Bonchev–Trinajstić information content (AvgIpc) is 2.91. The highest BCUT2D eigenvalue weighted by Gasteiger charge is 2.50. The molecule has 5 heteroatoms. The van der Waals surface area contributed by atoms with Gasteiger partial charge in [-0.25, -0.2) is 0 Å². The van der Waals surface area contributed by atoms with Crippen LogP contribution in [0.15, 0.2) is 11.3 Å². The second-order valence-electron chi connectivity index (χ2n) is 9.27. The van der Waals surface area contributed by atoms with Crippen molar-refractivity contribution in [3.05, 3.63) is 11.3 Å². The van der Waals surface area contributed by atoms with E-state index in [0.717, 1.165) is 30.7 Å². The molecule has 4 nitrogen and oxygen atoms in total. The number of amides is 1. The van der Waals surface area contributed by atoms with E-state index in [-0.39, 0.29) is 34.7 Å². The van der Waals surface area contributed by atoms with E-state index in [1.165, 1.54) is 0 Å². The summed E-state index contributed by atoms with van der Waals surface area (Å²) in [4.78, 5) is 27.2. The minimum atomic E-state index is -1.95. The Labute approximate surface area is 146 Å². The van der Waals surface area contributed by atoms with E-state index < -0.39 is 8.32 Å². The largest absolute Gasteiger partial charge is 0.413 e. The van der Waals surface area contributed by atoms with Crippen LogP contribution in [0.3, 0.4) is 0 Å². The number of hydrogen-bond donors (Lipinski definition) is 0. The van der Waals surface area contributed by atoms with Gasteiger partial charge in [-0.15, -0.1) is 0 Å². The first kappa shape index (κ1) is 17.9. The van der Waals surface area contributed by atoms with E-state index in [9.17, 15) is 9.59 Å². The molecule has 1 saturated carbocycles. The van der Waals surface area contributed by atoms with E-state index in [0.29, 0.717) is 12.8 Å². The molecule has 0 aromatic carbocycles. The third kappa shape index (κ3) is 2.79. The molecule has 3 rings (SSSR count). The Kier molecular flexibility index (Phi) is 4.32. The molecule has 0 unspecified atom stereocenters. The van der Waals surface area contributed by atoms with Crippen molar-refractivity contribution in [3.63, 3.8) is 0 Å². The fourth-order valence-corrected chi connectivity index (χ4v) is 5.55. The lowest BCUT2D eigenvalue weighted by molar-refractivity contribution is -0.133. The molecule has 0 N–H and O–H groups in total. The topological polar surface area (TPSA) is 46.6 Å². The minimum absolute atomic E-state index is 0.00204. The summed E-state index contributed by atoms with van der Waals surface area (Å²) in [5.74, 6) is 0.577. The van der Waals surface area contributed by atoms with Crippen molar-refractivity contribution in [1.82, 2.24) is 4.90 Å². The summed E-state index contributed by atoms with van der Waals surface area (Å²) in [5, 5.41) is 0.125. The van der Waals surface area contributed by atoms with E-state index in [4.69, 9.17) is 4.43 Å². The summed E-state index contributed by atoms with van der Waals surface area (Å²) in [6.07, 6.45) is 2.83. The van der Waals surface area contributed by atoms with Gasteiger partial charge in [-0.2, -0.15) is 0 Å². The molecular formula is C19H31NO3Si. The van der Waals surface area contributed by atoms with E-state index in [2.05, 4.69) is 40.8 Å². The summed E-state index contributed by atoms with van der Waals surface area (Å²) in [7, 11) is -1.95. The number of hydrogen-bond acceptors (Lipinski definition) is 3. The molecule has 1 amide bonds. The maximum absolute atomic E-state index is 12.8. The average molecular weight is 350 g/mol. The van der Waals surface area contributed by atoms with Gasteiger partial charge in [-0.3, -0.25) is 9.59 Å². The van der Waals surface area contributed by atoms with Crippen molar-refractivity contribution < 1.29 is 14.0 Å². The van der Waals surface area contributed by atoms with E-state index in [1.54, 1.807) is 0 Å². The molecule has 2 heterocycles. The molecule has 3 atom stereocenters. The van der Waals surface area contributed by atoms with Gasteiger partial charge in [-0.1, -0.05) is 27.7 Å². The van der Waals surface area contributed by atoms with Gasteiger partial charge in [-0.05, 0) is 36.9 Å². The first-order chi connectivity index (χ1) is 11.0. The van der Waals surface area contributed by atoms with Gasteiger partial charge in [0.1, 0.15) is 0 Å². The van der Waals surface area contributed by atoms with Crippen LogP contribution in [-0.2, 0) is 14.0 Å². The quantitative estimate of drug-likeness (QED) is 0.711. The molecule has 0 radical (unpaired) electrons. The normalized spacial score (nSPS) is 31.4. The number of rotatable bonds is 2. The predicted octanol–water partition coefficient (Wildman–Crippen LogP) is 3.88. The van der Waals surface area contributed by atoms with Gasteiger partial charge < -0.3 is 9.33 Å². The van der Waals surface area contributed by atoms with Crippen molar-refractivity contribution in [2.75, 3.05) is 6.54 Å². The molecule has 2 aliphatic heterocycles. The standard InChI is InChI=1S/C19H31NO3Si/c1-12-10-15(21)17-13(11-16(22)20-9-7-8-14(17)20)18(12)23-24(5,6)19(2,3)4/h12-13,18H,7-11H2,1-6H3/t12-,13-,18-/m0/s1. The highest BCUT2D eigenvalue weighted by Crippen LogP contribution is 2.47. The second-order valence-corrected chi connectivity index (χ2v) is 14.0. The smallest absolute Gasteiger partial charge is 0.227 e. The Morgan fingerprint density at radius 2 is 1.83 bits per heavy atom. The summed E-state index contributed by atoms with van der Waals surface area (Å²) in [5.41, 5.74) is 1.94. The molecule has 134 valence electrons. The van der Waals surface area contributed by atoms with Crippen molar-refractivity contribution in [3.8, 4) is 0 Å². The van der Waals surface area contributed by atoms with Gasteiger partial charge in [0, 0.05) is 36.6 Å². The molecule has 1 saturated heterocycles. The highest BCUT2D eigenvalue weighted by molar-refractivity contribution is 6.74. The van der Waals surface area contributed by atoms with Crippen LogP contribution in [0.4, 0.5) is 0 Å². The monoisotopic (exact) mass is 349 g/mol. The van der Waals surface area contributed by atoms with Gasteiger partial charge in [0.15, 0.2) is 14.1 Å². The van der Waals surface area contributed by atoms with Crippen LogP contribution in [0.1, 0.15) is 53.4 Å². The molecule has 0 aromatic heterocycles. The SMILES string of the molecule is C[C@H]1CC(=O)C2=C3CCCN3C(=O)C[C@@H]2[C@H]1O[Si](C)(C)C(C)(C)C. The van der Waals surface area contributed by atoms with Crippen LogP contribution < -0.4 is 0 Å². The number of nitrogens with zero attached hydrogens (tertiary/aromatic N) is 1. The molecule has 2 fully saturated rings. The molecule has 3 aliphatic rings. The summed E-state index contributed by atoms with van der Waals surface area (Å²) in [6, 6.07) is 0. The van der Waals surface area contributed by atoms with E-state index >= 15 is 0 Å². The Morgan fingerprint density at radius 3 is 2.46 bits per heavy atom. The number of fused-ring (bicyclic) bond motifs is 2. The number of allylic oxidation sites excluding steroid dienone is 1. The third-order valence-corrected chi connectivity index (χ3v) is 11.0. The Bertz CT molecular complexity index is 602. The third-order valence-electron chi connectivity index (χ3n) is 6.50. The fourth-order valence-electron chi connectivity index (χ4n) is 4.12. The molecule has 0 spiro atoms. The molecular weight excluding hydrogens is 318 g/mol. The number of ketones is 1. The van der Waals surface area contributed by atoms with Crippen molar-refractivity contribution >= 4 is 20.0 Å². The zero-order valence-electron chi connectivity index (χ0n) is 15.9.